The van der Waals surface area contributed by atoms with E-state index in [0.717, 1.165) is 0 Å². The molecule has 0 heterocycles. The molecule has 1 N–H and O–H groups in total. The van der Waals surface area contributed by atoms with Crippen LogP contribution in [-0.2, 0) is 61.6 Å². The first-order valence-corrected chi connectivity index (χ1v) is 22.6. The van der Waals surface area contributed by atoms with Crippen LogP contribution in [0.5, 0.6) is 0 Å². The summed E-state index contributed by atoms with van der Waals surface area (Å²) in [4.78, 5) is 0. The van der Waals surface area contributed by atoms with Crippen LogP contribution in [0.2, 0.25) is 0 Å². The van der Waals surface area contributed by atoms with E-state index < -0.39 is 97.6 Å². The molecule has 0 aromatic rings. The van der Waals surface area contributed by atoms with E-state index in [9.17, 15) is 110 Å². The molecule has 0 aromatic carbocycles. The average molecular weight is 1240 g/mol. The Morgan fingerprint density at radius 2 is 0.316 bits per heavy atom. The molecule has 0 saturated carbocycles. The molecule has 0 amide bonds. The fourth-order valence-electron chi connectivity index (χ4n) is 5.15. The Bertz CT molecular complexity index is 1600. The van der Waals surface area contributed by atoms with Crippen molar-refractivity contribution in [2.45, 2.75) is 77.7 Å². The largest absolute Gasteiger partial charge is 0.460 e. The zero-order valence-electron chi connectivity index (χ0n) is 41.0. The molecule has 0 radical (unpaired) electrons. The minimum atomic E-state index is -9.64. The zero-order chi connectivity index (χ0) is 61.0. The summed E-state index contributed by atoms with van der Waals surface area (Å²) in [5, 5.41) is 8.57. The average Bonchev–Trinajstić information content (AvgIpc) is 3.34. The van der Waals surface area contributed by atoms with Gasteiger partial charge in [0.15, 0.2) is 0 Å². The number of ether oxygens (including phenoxy) is 13. The molecule has 0 aromatic heterocycles. The molecule has 0 atom stereocenters. The minimum absolute atomic E-state index is 0.0250. The van der Waals surface area contributed by atoms with Crippen LogP contribution in [0.25, 0.3) is 0 Å². The molecule has 0 aliphatic heterocycles. The smallest absolute Gasteiger partial charge is 0.394 e. The van der Waals surface area contributed by atoms with Crippen LogP contribution in [-0.4, -0.2) is 255 Å². The summed E-state index contributed by atoms with van der Waals surface area (Å²) in [6, 6.07) is 0. The molecule has 0 aliphatic rings. The minimum Gasteiger partial charge on any atom is -0.394 e. The van der Waals surface area contributed by atoms with Crippen molar-refractivity contribution < 1.29 is 176 Å². The molecule has 0 bridgehead atoms. The lowest BCUT2D eigenvalue weighted by Gasteiger charge is -2.45. The number of alkyl halides is 25. The lowest BCUT2D eigenvalue weighted by molar-refractivity contribution is -0.482. The van der Waals surface area contributed by atoms with Gasteiger partial charge in [-0.25, -0.2) is 0 Å². The van der Waals surface area contributed by atoms with Gasteiger partial charge in [-0.3, -0.25) is 0 Å². The van der Waals surface area contributed by atoms with E-state index in [1.807, 2.05) is 0 Å². The molecule has 476 valence electrons. The summed E-state index contributed by atoms with van der Waals surface area (Å²) in [5.41, 5.74) is 0. The number of aliphatic hydroxyl groups is 1. The van der Waals surface area contributed by atoms with Crippen molar-refractivity contribution >= 4 is 0 Å². The maximum absolute atomic E-state index is 14.1. The zero-order valence-corrected chi connectivity index (χ0v) is 41.0. The van der Waals surface area contributed by atoms with Gasteiger partial charge in [-0.15, -0.1) is 0 Å². The van der Waals surface area contributed by atoms with Crippen LogP contribution < -0.4 is 0 Å². The fourth-order valence-corrected chi connectivity index (χ4v) is 5.15. The summed E-state index contributed by atoms with van der Waals surface area (Å²) in [7, 11) is 0. The maximum Gasteiger partial charge on any atom is 0.460 e. The molecule has 0 fully saturated rings. The first-order chi connectivity index (χ1) is 36.3. The predicted molar refractivity (Wildman–Crippen MR) is 213 cm³/mol. The van der Waals surface area contributed by atoms with Gasteiger partial charge in [0.1, 0.15) is 0 Å². The Morgan fingerprint density at radius 1 is 0.177 bits per heavy atom. The molecule has 14 nitrogen and oxygen atoms in total. The van der Waals surface area contributed by atoms with Crippen molar-refractivity contribution in [3.63, 3.8) is 0 Å². The SMILES string of the molecule is OCCOCCOCCOCCOCCOCCOCCOCCOCCOCCOCCOCCOCCOCCC(F)(F)C(F)(F)C(F)(F)C(F)(F)C(F)(F)C(F)(F)C(F)(F)C(F)(F)C(F)(F)C(F)(F)C(F)(F)C(F)(F)F. The van der Waals surface area contributed by atoms with Gasteiger partial charge in [-0.2, -0.15) is 110 Å². The monoisotopic (exact) mass is 1240 g/mol. The normalized spacial score (nSPS) is 14.5. The van der Waals surface area contributed by atoms with Crippen molar-refractivity contribution in [1.82, 2.24) is 0 Å². The third-order valence-corrected chi connectivity index (χ3v) is 9.62. The van der Waals surface area contributed by atoms with Gasteiger partial charge in [0.05, 0.1) is 178 Å². The van der Waals surface area contributed by atoms with Crippen LogP contribution >= 0.6 is 0 Å². The maximum atomic E-state index is 14.1. The van der Waals surface area contributed by atoms with Crippen molar-refractivity contribution in [2.75, 3.05) is 178 Å². The Labute approximate surface area is 432 Å². The number of halogens is 25. The van der Waals surface area contributed by atoms with E-state index in [0.29, 0.717) is 85.9 Å². The molecular formula is C40H57F25O14. The van der Waals surface area contributed by atoms with E-state index in [1.165, 1.54) is 0 Å². The van der Waals surface area contributed by atoms with Gasteiger partial charge >= 0.3 is 71.3 Å². The quantitative estimate of drug-likeness (QED) is 0.0463. The Balaban J connectivity index is 4.32. The lowest BCUT2D eigenvalue weighted by atomic mass is 9.84. The summed E-state index contributed by atoms with van der Waals surface area (Å²) >= 11 is 0. The predicted octanol–water partition coefficient (Wildman–Crippen LogP) is 8.14. The third kappa shape index (κ3) is 21.1. The fraction of sp³-hybridized carbons (Fsp3) is 1.00. The van der Waals surface area contributed by atoms with E-state index in [1.54, 1.807) is 0 Å². The Hall–Kier alpha value is -2.31. The van der Waals surface area contributed by atoms with Crippen molar-refractivity contribution in [3.8, 4) is 0 Å². The molecule has 0 spiro atoms. The Morgan fingerprint density at radius 3 is 0.481 bits per heavy atom. The van der Waals surface area contributed by atoms with Gasteiger partial charge < -0.3 is 66.7 Å². The Kier molecular flexibility index (Phi) is 33.5. The highest BCUT2D eigenvalue weighted by molar-refractivity contribution is 5.19. The molecule has 0 aliphatic carbocycles. The van der Waals surface area contributed by atoms with Crippen LogP contribution in [0, 0.1) is 0 Å². The number of hydrogen-bond donors (Lipinski definition) is 1. The summed E-state index contributed by atoms with van der Waals surface area (Å²) in [6.07, 6.45) is -11.2. The standard InChI is InChI=1S/C40H57F25O14/c41-29(42,30(43,44)31(45,46)32(47,48)33(49,50)34(51,52)35(53,54)36(55,56)37(57,58)38(59,60)39(61,62)40(63,64)65)1-3-67-5-7-69-9-11-71-13-15-73-17-19-75-21-23-77-25-27-79-28-26-78-24-22-76-20-18-74-16-14-72-12-10-70-8-6-68-4-2-66/h66H,1-28H2. The molecule has 79 heavy (non-hydrogen) atoms. The second-order valence-corrected chi connectivity index (χ2v) is 15.4. The molecule has 39 heteroatoms. The van der Waals surface area contributed by atoms with Gasteiger partial charge in [0, 0.05) is 6.42 Å². The highest BCUT2D eigenvalue weighted by Gasteiger charge is 2.99. The number of hydrogen-bond acceptors (Lipinski definition) is 14. The second kappa shape index (κ2) is 34.5. The van der Waals surface area contributed by atoms with Crippen LogP contribution in [0.15, 0.2) is 0 Å². The molecule has 0 unspecified atom stereocenters. The molecular weight excluding hydrogens is 1180 g/mol. The second-order valence-electron chi connectivity index (χ2n) is 15.4. The highest BCUT2D eigenvalue weighted by atomic mass is 19.4. The van der Waals surface area contributed by atoms with Gasteiger partial charge in [-0.05, 0) is 0 Å². The van der Waals surface area contributed by atoms with Gasteiger partial charge in [0.25, 0.3) is 0 Å². The van der Waals surface area contributed by atoms with Crippen molar-refractivity contribution in [3.05, 3.63) is 0 Å². The number of aliphatic hydroxyl groups excluding tert-OH is 1. The highest BCUT2D eigenvalue weighted by Crippen LogP contribution is 2.68. The van der Waals surface area contributed by atoms with Crippen molar-refractivity contribution in [2.24, 2.45) is 0 Å². The van der Waals surface area contributed by atoms with E-state index >= 15 is 0 Å². The molecule has 0 saturated heterocycles. The summed E-state index contributed by atoms with van der Waals surface area (Å²) in [6.45, 7) is 1.96. The van der Waals surface area contributed by atoms with E-state index in [2.05, 4.69) is 4.74 Å². The third-order valence-electron chi connectivity index (χ3n) is 9.62. The topological polar surface area (TPSA) is 140 Å². The van der Waals surface area contributed by atoms with Crippen LogP contribution in [0.3, 0.4) is 0 Å². The number of rotatable bonds is 51. The van der Waals surface area contributed by atoms with Crippen LogP contribution in [0.1, 0.15) is 6.42 Å². The summed E-state index contributed by atoms with van der Waals surface area (Å²) < 4.78 is 408. The first-order valence-electron chi connectivity index (χ1n) is 22.6. The van der Waals surface area contributed by atoms with Gasteiger partial charge in [-0.1, -0.05) is 0 Å². The van der Waals surface area contributed by atoms with Crippen LogP contribution in [0.4, 0.5) is 110 Å². The van der Waals surface area contributed by atoms with Crippen molar-refractivity contribution in [1.29, 1.82) is 0 Å². The van der Waals surface area contributed by atoms with Gasteiger partial charge in [0.2, 0.25) is 0 Å². The van der Waals surface area contributed by atoms with E-state index in [-0.39, 0.29) is 72.7 Å². The van der Waals surface area contributed by atoms with E-state index in [4.69, 9.17) is 61.9 Å². The lowest BCUT2D eigenvalue weighted by Crippen LogP contribution is -2.78. The first kappa shape index (κ1) is 76.7. The molecule has 0 rings (SSSR count). The summed E-state index contributed by atoms with van der Waals surface area (Å²) in [5.74, 6) is -98.7.